The normalized spacial score (nSPS) is 30.8. The van der Waals surface area contributed by atoms with Crippen molar-refractivity contribution in [2.24, 2.45) is 5.92 Å². The molecule has 0 aromatic carbocycles. The third kappa shape index (κ3) is 1.04. The topological polar surface area (TPSA) is 26.3 Å². The van der Waals surface area contributed by atoms with Gasteiger partial charge in [0.1, 0.15) is 5.76 Å². The van der Waals surface area contributed by atoms with E-state index in [4.69, 9.17) is 4.74 Å². The van der Waals surface area contributed by atoms with E-state index in [1.807, 2.05) is 0 Å². The Morgan fingerprint density at radius 2 is 2.00 bits per heavy atom. The molecule has 2 saturated carbocycles. The monoisotopic (exact) mass is 178 g/mol. The van der Waals surface area contributed by atoms with Crippen LogP contribution in [0, 0.1) is 5.92 Å². The average molecular weight is 178 g/mol. The summed E-state index contributed by atoms with van der Waals surface area (Å²) in [5, 5.41) is 0. The molecular weight excluding hydrogens is 164 g/mol. The first-order valence-electron chi connectivity index (χ1n) is 5.25. The quantitative estimate of drug-likeness (QED) is 0.615. The van der Waals surface area contributed by atoms with Crippen LogP contribution in [0.2, 0.25) is 0 Å². The van der Waals surface area contributed by atoms with Gasteiger partial charge in [0.2, 0.25) is 5.78 Å². The number of hydrogen-bond donors (Lipinski definition) is 0. The van der Waals surface area contributed by atoms with E-state index >= 15 is 0 Å². The van der Waals surface area contributed by atoms with E-state index in [9.17, 15) is 4.79 Å². The Hall–Kier alpha value is -0.790. The number of carbonyl (C=O) groups is 1. The number of allylic oxidation sites excluding steroid dienone is 1. The molecular formula is C11H14O2. The van der Waals surface area contributed by atoms with E-state index in [0.29, 0.717) is 5.92 Å². The molecule has 70 valence electrons. The van der Waals surface area contributed by atoms with Crippen LogP contribution in [-0.2, 0) is 9.53 Å². The molecule has 13 heavy (non-hydrogen) atoms. The zero-order chi connectivity index (χ0) is 8.89. The second-order valence-corrected chi connectivity index (χ2v) is 4.49. The molecule has 1 heterocycles. The molecule has 2 aliphatic carbocycles. The summed E-state index contributed by atoms with van der Waals surface area (Å²) in [6.07, 6.45) is 8.39. The fourth-order valence-corrected chi connectivity index (χ4v) is 2.43. The van der Waals surface area contributed by atoms with Crippen molar-refractivity contribution >= 4 is 5.78 Å². The van der Waals surface area contributed by atoms with E-state index in [2.05, 4.69) is 0 Å². The van der Waals surface area contributed by atoms with Crippen molar-refractivity contribution in [3.05, 3.63) is 11.8 Å². The van der Waals surface area contributed by atoms with Crippen molar-refractivity contribution in [3.8, 4) is 0 Å². The van der Waals surface area contributed by atoms with E-state index < -0.39 is 5.60 Å². The van der Waals surface area contributed by atoms with Gasteiger partial charge in [0.25, 0.3) is 0 Å². The summed E-state index contributed by atoms with van der Waals surface area (Å²) in [4.78, 5) is 11.7. The van der Waals surface area contributed by atoms with Crippen LogP contribution in [0.15, 0.2) is 11.8 Å². The summed E-state index contributed by atoms with van der Waals surface area (Å²) in [6, 6.07) is 0. The number of carbonyl (C=O) groups excluding carboxylic acids is 1. The standard InChI is InChI=1S/C11H14O2/c12-10-7-9(8-3-4-8)13-11(10)5-1-2-6-11/h7-8H,1-6H2. The zero-order valence-corrected chi connectivity index (χ0v) is 7.71. The van der Waals surface area contributed by atoms with Crippen LogP contribution in [0.3, 0.4) is 0 Å². The Labute approximate surface area is 78.0 Å². The van der Waals surface area contributed by atoms with Gasteiger partial charge in [-0.15, -0.1) is 0 Å². The summed E-state index contributed by atoms with van der Waals surface area (Å²) in [5.74, 6) is 1.82. The Morgan fingerprint density at radius 3 is 2.62 bits per heavy atom. The van der Waals surface area contributed by atoms with Crippen molar-refractivity contribution in [1.29, 1.82) is 0 Å². The van der Waals surface area contributed by atoms with E-state index in [1.54, 1.807) is 6.08 Å². The molecule has 0 aromatic heterocycles. The minimum Gasteiger partial charge on any atom is -0.483 e. The molecule has 0 unspecified atom stereocenters. The molecule has 2 nitrogen and oxygen atoms in total. The number of hydrogen-bond acceptors (Lipinski definition) is 2. The summed E-state index contributed by atoms with van der Waals surface area (Å²) >= 11 is 0. The van der Waals surface area contributed by atoms with Crippen LogP contribution in [0.25, 0.3) is 0 Å². The molecule has 3 rings (SSSR count). The van der Waals surface area contributed by atoms with E-state index in [1.165, 1.54) is 12.8 Å². The van der Waals surface area contributed by atoms with Crippen LogP contribution < -0.4 is 0 Å². The number of ether oxygens (including phenoxy) is 1. The molecule has 1 spiro atoms. The first-order chi connectivity index (χ1) is 6.30. The van der Waals surface area contributed by atoms with E-state index in [0.717, 1.165) is 31.4 Å². The first kappa shape index (κ1) is 7.60. The van der Waals surface area contributed by atoms with Gasteiger partial charge in [-0.05, 0) is 38.5 Å². The van der Waals surface area contributed by atoms with Crippen LogP contribution in [0.1, 0.15) is 38.5 Å². The van der Waals surface area contributed by atoms with Crippen molar-refractivity contribution in [3.63, 3.8) is 0 Å². The SMILES string of the molecule is O=C1C=C(C2CC2)OC12CCCC2. The number of ketones is 1. The summed E-state index contributed by atoms with van der Waals surface area (Å²) in [7, 11) is 0. The Bertz CT molecular complexity index is 280. The third-order valence-electron chi connectivity index (χ3n) is 3.43. The highest BCUT2D eigenvalue weighted by Crippen LogP contribution is 2.47. The second-order valence-electron chi connectivity index (χ2n) is 4.49. The second kappa shape index (κ2) is 2.37. The predicted molar refractivity (Wildman–Crippen MR) is 48.1 cm³/mol. The minimum atomic E-state index is -0.391. The molecule has 1 aliphatic heterocycles. The van der Waals surface area contributed by atoms with Crippen molar-refractivity contribution < 1.29 is 9.53 Å². The fraction of sp³-hybridized carbons (Fsp3) is 0.727. The van der Waals surface area contributed by atoms with Crippen LogP contribution in [-0.4, -0.2) is 11.4 Å². The van der Waals surface area contributed by atoms with Crippen molar-refractivity contribution in [1.82, 2.24) is 0 Å². The van der Waals surface area contributed by atoms with Gasteiger partial charge in [0.05, 0.1) is 0 Å². The Kier molecular flexibility index (Phi) is 1.38. The van der Waals surface area contributed by atoms with Gasteiger partial charge in [-0.2, -0.15) is 0 Å². The third-order valence-corrected chi connectivity index (χ3v) is 3.43. The molecule has 0 saturated heterocycles. The van der Waals surface area contributed by atoms with Gasteiger partial charge < -0.3 is 4.74 Å². The summed E-state index contributed by atoms with van der Waals surface area (Å²) < 4.78 is 5.86. The van der Waals surface area contributed by atoms with Gasteiger partial charge in [-0.1, -0.05) is 0 Å². The fourth-order valence-electron chi connectivity index (χ4n) is 2.43. The van der Waals surface area contributed by atoms with Gasteiger partial charge in [-0.25, -0.2) is 0 Å². The molecule has 0 radical (unpaired) electrons. The molecule has 0 bridgehead atoms. The van der Waals surface area contributed by atoms with Crippen LogP contribution in [0.5, 0.6) is 0 Å². The van der Waals surface area contributed by atoms with Crippen molar-refractivity contribution in [2.75, 3.05) is 0 Å². The minimum absolute atomic E-state index is 0.243. The highest BCUT2D eigenvalue weighted by molar-refractivity contribution is 5.99. The maximum atomic E-state index is 11.7. The first-order valence-corrected chi connectivity index (χ1v) is 5.25. The van der Waals surface area contributed by atoms with Gasteiger partial charge >= 0.3 is 0 Å². The Morgan fingerprint density at radius 1 is 1.31 bits per heavy atom. The predicted octanol–water partition coefficient (Wildman–Crippen LogP) is 2.19. The van der Waals surface area contributed by atoms with Gasteiger partial charge in [-0.3, -0.25) is 4.79 Å². The molecule has 2 fully saturated rings. The summed E-state index contributed by atoms with van der Waals surface area (Å²) in [5.41, 5.74) is -0.391. The number of rotatable bonds is 1. The lowest BCUT2D eigenvalue weighted by atomic mass is 9.98. The highest BCUT2D eigenvalue weighted by atomic mass is 16.5. The molecule has 0 atom stereocenters. The van der Waals surface area contributed by atoms with Gasteiger partial charge in [0.15, 0.2) is 5.60 Å². The largest absolute Gasteiger partial charge is 0.483 e. The molecule has 0 N–H and O–H groups in total. The smallest absolute Gasteiger partial charge is 0.202 e. The molecule has 0 aromatic rings. The zero-order valence-electron chi connectivity index (χ0n) is 7.71. The van der Waals surface area contributed by atoms with Gasteiger partial charge in [0, 0.05) is 12.0 Å². The van der Waals surface area contributed by atoms with Crippen LogP contribution >= 0.6 is 0 Å². The molecule has 0 amide bonds. The van der Waals surface area contributed by atoms with E-state index in [-0.39, 0.29) is 5.78 Å². The lowest BCUT2D eigenvalue weighted by Crippen LogP contribution is -2.32. The lowest BCUT2D eigenvalue weighted by molar-refractivity contribution is -0.129. The lowest BCUT2D eigenvalue weighted by Gasteiger charge is -2.22. The van der Waals surface area contributed by atoms with Crippen LogP contribution in [0.4, 0.5) is 0 Å². The molecule has 2 heteroatoms. The van der Waals surface area contributed by atoms with Crippen molar-refractivity contribution in [2.45, 2.75) is 44.1 Å². The Balaban J connectivity index is 1.84. The highest BCUT2D eigenvalue weighted by Gasteiger charge is 2.49. The maximum Gasteiger partial charge on any atom is 0.202 e. The maximum absolute atomic E-state index is 11.7. The summed E-state index contributed by atoms with van der Waals surface area (Å²) in [6.45, 7) is 0. The average Bonchev–Trinajstić information content (AvgIpc) is 2.79. The molecule has 3 aliphatic rings.